The van der Waals surface area contributed by atoms with Crippen molar-refractivity contribution in [2.45, 2.75) is 32.7 Å². The zero-order valence-corrected chi connectivity index (χ0v) is 13.9. The molecule has 102 valence electrons. The fourth-order valence-electron chi connectivity index (χ4n) is 2.28. The molecule has 0 saturated heterocycles. The molecule has 0 aliphatic rings. The van der Waals surface area contributed by atoms with Crippen LogP contribution in [0.1, 0.15) is 42.3 Å². The maximum atomic E-state index is 3.68. The van der Waals surface area contributed by atoms with Gasteiger partial charge in [-0.25, -0.2) is 0 Å². The molecule has 0 aliphatic heterocycles. The summed E-state index contributed by atoms with van der Waals surface area (Å²) in [5.74, 6) is 0. The minimum absolute atomic E-state index is 0.297. The van der Waals surface area contributed by atoms with Crippen molar-refractivity contribution in [2.75, 3.05) is 6.54 Å². The lowest BCUT2D eigenvalue weighted by Crippen LogP contribution is -2.23. The molecule has 19 heavy (non-hydrogen) atoms. The second kappa shape index (κ2) is 7.22. The predicted octanol–water partition coefficient (Wildman–Crippen LogP) is 5.16. The van der Waals surface area contributed by atoms with Gasteiger partial charge in [0.2, 0.25) is 0 Å². The number of aryl methyl sites for hydroxylation is 1. The van der Waals surface area contributed by atoms with Gasteiger partial charge in [-0.2, -0.15) is 0 Å². The molecule has 0 radical (unpaired) electrons. The summed E-state index contributed by atoms with van der Waals surface area (Å²) < 4.78 is 1.21. The number of rotatable bonds is 6. The second-order valence-electron chi connectivity index (χ2n) is 4.57. The van der Waals surface area contributed by atoms with Crippen molar-refractivity contribution in [3.8, 4) is 0 Å². The molecule has 1 heterocycles. The fourth-order valence-corrected chi connectivity index (χ4v) is 3.98. The first-order valence-electron chi connectivity index (χ1n) is 6.82. The Morgan fingerprint density at radius 2 is 2.00 bits per heavy atom. The highest BCUT2D eigenvalue weighted by atomic mass is 79.9. The molecule has 0 fully saturated rings. The lowest BCUT2D eigenvalue weighted by Gasteiger charge is -2.21. The van der Waals surface area contributed by atoms with Crippen LogP contribution < -0.4 is 5.32 Å². The van der Waals surface area contributed by atoms with Crippen molar-refractivity contribution in [1.29, 1.82) is 0 Å². The summed E-state index contributed by atoms with van der Waals surface area (Å²) in [6, 6.07) is 11.2. The monoisotopic (exact) mass is 337 g/mol. The first kappa shape index (κ1) is 14.8. The molecule has 2 aromatic rings. The van der Waals surface area contributed by atoms with Gasteiger partial charge < -0.3 is 5.32 Å². The lowest BCUT2D eigenvalue weighted by atomic mass is 9.97. The molecule has 3 heteroatoms. The Labute approximate surface area is 128 Å². The Morgan fingerprint density at radius 1 is 1.21 bits per heavy atom. The van der Waals surface area contributed by atoms with E-state index < -0.39 is 0 Å². The molecular weight excluding hydrogens is 318 g/mol. The number of benzene rings is 1. The van der Waals surface area contributed by atoms with E-state index in [1.807, 2.05) is 11.3 Å². The van der Waals surface area contributed by atoms with E-state index in [1.54, 1.807) is 0 Å². The third kappa shape index (κ3) is 3.47. The highest BCUT2D eigenvalue weighted by molar-refractivity contribution is 9.10. The summed E-state index contributed by atoms with van der Waals surface area (Å²) in [4.78, 5) is 1.37. The van der Waals surface area contributed by atoms with Gasteiger partial charge in [-0.1, -0.05) is 38.1 Å². The first-order valence-corrected chi connectivity index (χ1v) is 8.49. The third-order valence-corrected chi connectivity index (χ3v) is 5.19. The van der Waals surface area contributed by atoms with E-state index in [0.717, 1.165) is 19.4 Å². The Bertz CT molecular complexity index is 521. The molecule has 1 aromatic carbocycles. The molecule has 1 N–H and O–H groups in total. The van der Waals surface area contributed by atoms with Crippen LogP contribution in [0.5, 0.6) is 0 Å². The van der Waals surface area contributed by atoms with Crippen LogP contribution in [0.15, 0.2) is 40.2 Å². The summed E-state index contributed by atoms with van der Waals surface area (Å²) in [6.45, 7) is 5.46. The van der Waals surface area contributed by atoms with Gasteiger partial charge >= 0.3 is 0 Å². The van der Waals surface area contributed by atoms with Gasteiger partial charge in [-0.3, -0.25) is 0 Å². The number of hydrogen-bond donors (Lipinski definition) is 1. The van der Waals surface area contributed by atoms with Crippen LogP contribution in [0.4, 0.5) is 0 Å². The summed E-state index contributed by atoms with van der Waals surface area (Å²) in [5, 5.41) is 5.83. The maximum absolute atomic E-state index is 3.68. The summed E-state index contributed by atoms with van der Waals surface area (Å²) >= 11 is 5.49. The van der Waals surface area contributed by atoms with E-state index in [2.05, 4.69) is 70.8 Å². The minimum Gasteiger partial charge on any atom is -0.306 e. The zero-order chi connectivity index (χ0) is 13.7. The minimum atomic E-state index is 0.297. The Balaban J connectivity index is 2.40. The second-order valence-corrected chi connectivity index (χ2v) is 6.37. The van der Waals surface area contributed by atoms with E-state index in [0.29, 0.717) is 6.04 Å². The average Bonchev–Trinajstić information content (AvgIpc) is 2.86. The molecule has 0 aliphatic carbocycles. The highest BCUT2D eigenvalue weighted by Crippen LogP contribution is 2.34. The zero-order valence-electron chi connectivity index (χ0n) is 11.4. The molecule has 1 atom stereocenters. The van der Waals surface area contributed by atoms with Crippen LogP contribution in [-0.2, 0) is 6.42 Å². The van der Waals surface area contributed by atoms with E-state index in [4.69, 9.17) is 0 Å². The first-order chi connectivity index (χ1) is 9.27. The topological polar surface area (TPSA) is 12.0 Å². The van der Waals surface area contributed by atoms with Crippen molar-refractivity contribution in [1.82, 2.24) is 5.32 Å². The van der Waals surface area contributed by atoms with Crippen LogP contribution in [0.2, 0.25) is 0 Å². The van der Waals surface area contributed by atoms with Crippen LogP contribution in [0.25, 0.3) is 0 Å². The standard InChI is InChI=1S/C16H20BrNS/c1-3-10-18-15(16-14(17)9-11-19-16)13-8-6-5-7-12(13)4-2/h5-9,11,15,18H,3-4,10H2,1-2H3. The van der Waals surface area contributed by atoms with Gasteiger partial charge in [0.15, 0.2) is 0 Å². The predicted molar refractivity (Wildman–Crippen MR) is 88.0 cm³/mol. The largest absolute Gasteiger partial charge is 0.306 e. The van der Waals surface area contributed by atoms with Crippen LogP contribution in [-0.4, -0.2) is 6.54 Å². The van der Waals surface area contributed by atoms with Crippen molar-refractivity contribution in [3.63, 3.8) is 0 Å². The van der Waals surface area contributed by atoms with Gasteiger partial charge in [0.25, 0.3) is 0 Å². The molecule has 0 bridgehead atoms. The normalized spacial score (nSPS) is 12.6. The van der Waals surface area contributed by atoms with E-state index >= 15 is 0 Å². The quantitative estimate of drug-likeness (QED) is 0.767. The molecule has 2 rings (SSSR count). The number of thiophene rings is 1. The van der Waals surface area contributed by atoms with E-state index in [1.165, 1.54) is 20.5 Å². The van der Waals surface area contributed by atoms with Gasteiger partial charge in [0, 0.05) is 9.35 Å². The van der Waals surface area contributed by atoms with Crippen molar-refractivity contribution >= 4 is 27.3 Å². The van der Waals surface area contributed by atoms with E-state index in [-0.39, 0.29) is 0 Å². The molecule has 0 amide bonds. The summed E-state index contributed by atoms with van der Waals surface area (Å²) in [7, 11) is 0. The smallest absolute Gasteiger partial charge is 0.0685 e. The SMILES string of the molecule is CCCNC(c1ccccc1CC)c1sccc1Br. The van der Waals surface area contributed by atoms with Crippen LogP contribution in [0, 0.1) is 0 Å². The van der Waals surface area contributed by atoms with Crippen LogP contribution in [0.3, 0.4) is 0 Å². The molecule has 1 nitrogen and oxygen atoms in total. The summed E-state index contributed by atoms with van der Waals surface area (Å²) in [5.41, 5.74) is 2.83. The average molecular weight is 338 g/mol. The highest BCUT2D eigenvalue weighted by Gasteiger charge is 2.19. The molecule has 0 spiro atoms. The van der Waals surface area contributed by atoms with Crippen molar-refractivity contribution < 1.29 is 0 Å². The van der Waals surface area contributed by atoms with Gasteiger partial charge in [0.05, 0.1) is 6.04 Å². The van der Waals surface area contributed by atoms with Gasteiger partial charge in [0.1, 0.15) is 0 Å². The van der Waals surface area contributed by atoms with Crippen molar-refractivity contribution in [3.05, 3.63) is 56.2 Å². The Kier molecular flexibility index (Phi) is 5.61. The number of hydrogen-bond acceptors (Lipinski definition) is 2. The van der Waals surface area contributed by atoms with E-state index in [9.17, 15) is 0 Å². The third-order valence-electron chi connectivity index (χ3n) is 3.25. The molecular formula is C16H20BrNS. The fraction of sp³-hybridized carbons (Fsp3) is 0.375. The van der Waals surface area contributed by atoms with Crippen molar-refractivity contribution in [2.24, 2.45) is 0 Å². The summed E-state index contributed by atoms with van der Waals surface area (Å²) in [6.07, 6.45) is 2.22. The lowest BCUT2D eigenvalue weighted by molar-refractivity contribution is 0.600. The Morgan fingerprint density at radius 3 is 2.63 bits per heavy atom. The number of nitrogens with one attached hydrogen (secondary N) is 1. The molecule has 1 unspecified atom stereocenters. The van der Waals surface area contributed by atoms with Gasteiger partial charge in [-0.15, -0.1) is 11.3 Å². The van der Waals surface area contributed by atoms with Crippen LogP contribution >= 0.6 is 27.3 Å². The molecule has 0 saturated carbocycles. The Hall–Kier alpha value is -0.640. The number of halogens is 1. The van der Waals surface area contributed by atoms with Gasteiger partial charge in [-0.05, 0) is 57.9 Å². The maximum Gasteiger partial charge on any atom is 0.0685 e. The molecule has 1 aromatic heterocycles.